The van der Waals surface area contributed by atoms with Gasteiger partial charge in [0.25, 0.3) is 11.5 Å². The summed E-state index contributed by atoms with van der Waals surface area (Å²) in [6, 6.07) is 0.184. The van der Waals surface area contributed by atoms with Crippen LogP contribution in [0.2, 0.25) is 0 Å². The van der Waals surface area contributed by atoms with Crippen molar-refractivity contribution in [2.24, 2.45) is 5.92 Å². The minimum Gasteiger partial charge on any atom is -0.350 e. The summed E-state index contributed by atoms with van der Waals surface area (Å²) in [7, 11) is 0. The number of carbonyl (C=O) groups excluding carboxylic acids is 2. The SMILES string of the molecule is CC(C)N1C[C@@H](CNC(=O)c2c[nH]c(=O)cn2)CC1=O. The number of aromatic amines is 1. The van der Waals surface area contributed by atoms with Crippen LogP contribution in [-0.2, 0) is 4.79 Å². The van der Waals surface area contributed by atoms with Crippen molar-refractivity contribution in [3.05, 3.63) is 28.4 Å². The van der Waals surface area contributed by atoms with Gasteiger partial charge < -0.3 is 15.2 Å². The Hall–Kier alpha value is -2.18. The van der Waals surface area contributed by atoms with Crippen LogP contribution in [0, 0.1) is 5.92 Å². The molecule has 2 heterocycles. The second-order valence-corrected chi connectivity index (χ2v) is 5.22. The smallest absolute Gasteiger partial charge is 0.271 e. The molecular weight excluding hydrogens is 260 g/mol. The van der Waals surface area contributed by atoms with Crippen LogP contribution in [0.3, 0.4) is 0 Å². The molecule has 108 valence electrons. The zero-order valence-electron chi connectivity index (χ0n) is 11.5. The van der Waals surface area contributed by atoms with Crippen LogP contribution in [-0.4, -0.2) is 45.8 Å². The Balaban J connectivity index is 1.87. The molecule has 0 saturated carbocycles. The fourth-order valence-electron chi connectivity index (χ4n) is 2.24. The fraction of sp³-hybridized carbons (Fsp3) is 0.538. The van der Waals surface area contributed by atoms with Gasteiger partial charge in [-0.1, -0.05) is 0 Å². The first-order valence-electron chi connectivity index (χ1n) is 6.59. The van der Waals surface area contributed by atoms with Crippen LogP contribution >= 0.6 is 0 Å². The summed E-state index contributed by atoms with van der Waals surface area (Å²) in [6.07, 6.45) is 2.80. The number of likely N-dealkylation sites (tertiary alicyclic amines) is 1. The van der Waals surface area contributed by atoms with E-state index in [-0.39, 0.29) is 35.0 Å². The first-order valence-corrected chi connectivity index (χ1v) is 6.59. The molecule has 2 amide bonds. The van der Waals surface area contributed by atoms with Crippen LogP contribution in [0.25, 0.3) is 0 Å². The summed E-state index contributed by atoms with van der Waals surface area (Å²) in [5.41, 5.74) is -0.190. The molecule has 1 fully saturated rings. The molecule has 1 aliphatic heterocycles. The summed E-state index contributed by atoms with van der Waals surface area (Å²) in [6.45, 7) is 5.04. The normalized spacial score (nSPS) is 18.6. The van der Waals surface area contributed by atoms with E-state index in [1.807, 2.05) is 18.7 Å². The Kier molecular flexibility index (Phi) is 4.16. The summed E-state index contributed by atoms with van der Waals surface area (Å²) < 4.78 is 0. The van der Waals surface area contributed by atoms with Gasteiger partial charge in [0.15, 0.2) is 0 Å². The third-order valence-corrected chi connectivity index (χ3v) is 3.32. The monoisotopic (exact) mass is 278 g/mol. The Morgan fingerprint density at radius 2 is 2.30 bits per heavy atom. The molecule has 2 rings (SSSR count). The molecule has 1 aromatic rings. The van der Waals surface area contributed by atoms with Gasteiger partial charge in [-0.2, -0.15) is 0 Å². The maximum Gasteiger partial charge on any atom is 0.271 e. The molecule has 0 unspecified atom stereocenters. The van der Waals surface area contributed by atoms with Crippen LogP contribution in [0.15, 0.2) is 17.2 Å². The Labute approximate surface area is 116 Å². The molecular formula is C13H18N4O3. The number of hydrogen-bond donors (Lipinski definition) is 2. The highest BCUT2D eigenvalue weighted by Gasteiger charge is 2.31. The number of rotatable bonds is 4. The molecule has 20 heavy (non-hydrogen) atoms. The molecule has 2 N–H and O–H groups in total. The second-order valence-electron chi connectivity index (χ2n) is 5.22. The van der Waals surface area contributed by atoms with E-state index < -0.39 is 0 Å². The van der Waals surface area contributed by atoms with Crippen LogP contribution < -0.4 is 10.9 Å². The number of amides is 2. The summed E-state index contributed by atoms with van der Waals surface area (Å²) in [5, 5.41) is 2.74. The van der Waals surface area contributed by atoms with Crippen molar-refractivity contribution < 1.29 is 9.59 Å². The molecule has 1 atom stereocenters. The van der Waals surface area contributed by atoms with Crippen molar-refractivity contribution in [3.63, 3.8) is 0 Å². The van der Waals surface area contributed by atoms with E-state index in [1.54, 1.807) is 0 Å². The zero-order chi connectivity index (χ0) is 14.7. The van der Waals surface area contributed by atoms with Gasteiger partial charge in [0.05, 0.1) is 6.20 Å². The van der Waals surface area contributed by atoms with Gasteiger partial charge in [-0.05, 0) is 13.8 Å². The minimum absolute atomic E-state index is 0.122. The third-order valence-electron chi connectivity index (χ3n) is 3.32. The zero-order valence-corrected chi connectivity index (χ0v) is 11.5. The first kappa shape index (κ1) is 14.2. The number of H-pyrrole nitrogens is 1. The van der Waals surface area contributed by atoms with Crippen molar-refractivity contribution >= 4 is 11.8 Å². The van der Waals surface area contributed by atoms with Crippen molar-refractivity contribution in [1.29, 1.82) is 0 Å². The largest absolute Gasteiger partial charge is 0.350 e. The van der Waals surface area contributed by atoms with Gasteiger partial charge in [-0.25, -0.2) is 4.98 Å². The number of carbonyl (C=O) groups is 2. The number of nitrogens with zero attached hydrogens (tertiary/aromatic N) is 2. The molecule has 0 aliphatic carbocycles. The fourth-order valence-corrected chi connectivity index (χ4v) is 2.24. The van der Waals surface area contributed by atoms with Crippen molar-refractivity contribution in [3.8, 4) is 0 Å². The maximum absolute atomic E-state index is 11.8. The predicted molar refractivity (Wildman–Crippen MR) is 72.1 cm³/mol. The lowest BCUT2D eigenvalue weighted by Gasteiger charge is -2.21. The number of hydrogen-bond acceptors (Lipinski definition) is 4. The lowest BCUT2D eigenvalue weighted by molar-refractivity contribution is -0.129. The molecule has 7 heteroatoms. The average Bonchev–Trinajstić information content (AvgIpc) is 2.78. The molecule has 1 aromatic heterocycles. The van der Waals surface area contributed by atoms with Crippen molar-refractivity contribution in [1.82, 2.24) is 20.2 Å². The molecule has 0 aromatic carbocycles. The third kappa shape index (κ3) is 3.23. The molecule has 7 nitrogen and oxygen atoms in total. The Morgan fingerprint density at radius 3 is 2.85 bits per heavy atom. The topological polar surface area (TPSA) is 95.2 Å². The van der Waals surface area contributed by atoms with E-state index in [2.05, 4.69) is 15.3 Å². The van der Waals surface area contributed by atoms with Gasteiger partial charge in [-0.3, -0.25) is 14.4 Å². The minimum atomic E-state index is -0.351. The molecule has 0 spiro atoms. The van der Waals surface area contributed by atoms with E-state index in [0.717, 1.165) is 6.20 Å². The van der Waals surface area contributed by atoms with E-state index >= 15 is 0 Å². The van der Waals surface area contributed by atoms with E-state index in [1.165, 1.54) is 6.20 Å². The Morgan fingerprint density at radius 1 is 1.55 bits per heavy atom. The van der Waals surface area contributed by atoms with Gasteiger partial charge in [-0.15, -0.1) is 0 Å². The van der Waals surface area contributed by atoms with Gasteiger partial charge in [0, 0.05) is 37.7 Å². The molecule has 1 saturated heterocycles. The summed E-state index contributed by atoms with van der Waals surface area (Å²) in [4.78, 5) is 42.4. The van der Waals surface area contributed by atoms with Crippen molar-refractivity contribution in [2.75, 3.05) is 13.1 Å². The van der Waals surface area contributed by atoms with Gasteiger partial charge in [0.1, 0.15) is 5.69 Å². The first-order chi connectivity index (χ1) is 9.47. The summed E-state index contributed by atoms with van der Waals surface area (Å²) >= 11 is 0. The Bertz CT molecular complexity index is 546. The predicted octanol–water partition coefficient (Wildman–Crippen LogP) is -0.243. The number of nitrogens with one attached hydrogen (secondary N) is 2. The standard InChI is InChI=1S/C13H18N4O3/c1-8(2)17-7-9(3-12(17)19)4-16-13(20)10-5-15-11(18)6-14-10/h5-6,8-9H,3-4,7H2,1-2H3,(H,15,18)(H,16,20)/t9-/m1/s1. The maximum atomic E-state index is 11.8. The van der Waals surface area contributed by atoms with E-state index in [4.69, 9.17) is 0 Å². The van der Waals surface area contributed by atoms with Gasteiger partial charge in [0.2, 0.25) is 5.91 Å². The number of aromatic nitrogens is 2. The molecule has 0 bridgehead atoms. The summed E-state index contributed by atoms with van der Waals surface area (Å²) in [5.74, 6) is -0.102. The highest BCUT2D eigenvalue weighted by Crippen LogP contribution is 2.19. The second kappa shape index (κ2) is 5.85. The van der Waals surface area contributed by atoms with E-state index in [9.17, 15) is 14.4 Å². The molecule has 1 aliphatic rings. The lowest BCUT2D eigenvalue weighted by Crippen LogP contribution is -2.34. The molecule has 0 radical (unpaired) electrons. The van der Waals surface area contributed by atoms with E-state index in [0.29, 0.717) is 19.5 Å². The van der Waals surface area contributed by atoms with Crippen LogP contribution in [0.1, 0.15) is 30.8 Å². The lowest BCUT2D eigenvalue weighted by atomic mass is 10.1. The highest BCUT2D eigenvalue weighted by atomic mass is 16.2. The highest BCUT2D eigenvalue weighted by molar-refractivity contribution is 5.91. The van der Waals surface area contributed by atoms with Crippen LogP contribution in [0.5, 0.6) is 0 Å². The van der Waals surface area contributed by atoms with Crippen LogP contribution in [0.4, 0.5) is 0 Å². The van der Waals surface area contributed by atoms with Crippen molar-refractivity contribution in [2.45, 2.75) is 26.3 Å². The average molecular weight is 278 g/mol. The van der Waals surface area contributed by atoms with Gasteiger partial charge >= 0.3 is 0 Å². The quantitative estimate of drug-likeness (QED) is 0.794.